The summed E-state index contributed by atoms with van der Waals surface area (Å²) in [5.74, 6) is -0.121. The molecule has 2 aliphatic rings. The Morgan fingerprint density at radius 3 is 2.33 bits per heavy atom. The van der Waals surface area contributed by atoms with E-state index in [9.17, 15) is 14.4 Å². The molecular formula is C17H21N3O4. The van der Waals surface area contributed by atoms with Crippen molar-refractivity contribution >= 4 is 29.4 Å². The lowest BCUT2D eigenvalue weighted by molar-refractivity contribution is -0.130. The fourth-order valence-electron chi connectivity index (χ4n) is 3.62. The lowest BCUT2D eigenvalue weighted by Crippen LogP contribution is -2.51. The van der Waals surface area contributed by atoms with Crippen molar-refractivity contribution < 1.29 is 19.1 Å². The average Bonchev–Trinajstić information content (AvgIpc) is 2.78. The Bertz CT molecular complexity index is 665. The van der Waals surface area contributed by atoms with Crippen LogP contribution in [0.25, 0.3) is 0 Å². The summed E-state index contributed by atoms with van der Waals surface area (Å²) in [6.45, 7) is 0. The van der Waals surface area contributed by atoms with Gasteiger partial charge in [0.25, 0.3) is 5.91 Å². The smallest absolute Gasteiger partial charge is 0.411 e. The number of likely N-dealkylation sites (N-methyl/N-ethyl adjacent to an activating group) is 1. The van der Waals surface area contributed by atoms with E-state index >= 15 is 0 Å². The second kappa shape index (κ2) is 6.14. The molecule has 4 amide bonds. The topological polar surface area (TPSA) is 79.0 Å². The minimum Gasteiger partial charge on any atom is -0.453 e. The predicted molar refractivity (Wildman–Crippen MR) is 88.9 cm³/mol. The molecule has 7 nitrogen and oxygen atoms in total. The molecule has 1 saturated heterocycles. The second-order valence-corrected chi connectivity index (χ2v) is 6.24. The molecule has 1 aliphatic carbocycles. The number of amides is 4. The highest BCUT2D eigenvalue weighted by Gasteiger charge is 2.56. The van der Waals surface area contributed by atoms with Crippen LogP contribution in [-0.4, -0.2) is 42.6 Å². The van der Waals surface area contributed by atoms with Gasteiger partial charge in [0.1, 0.15) is 5.54 Å². The molecule has 0 aromatic heterocycles. The van der Waals surface area contributed by atoms with Crippen molar-refractivity contribution in [1.29, 1.82) is 0 Å². The molecule has 1 aliphatic heterocycles. The van der Waals surface area contributed by atoms with Crippen LogP contribution < -0.4 is 10.2 Å². The summed E-state index contributed by atoms with van der Waals surface area (Å²) in [6, 6.07) is 6.57. The van der Waals surface area contributed by atoms with Crippen molar-refractivity contribution in [2.24, 2.45) is 0 Å². The zero-order valence-corrected chi connectivity index (χ0v) is 13.9. The molecule has 0 unspecified atom stereocenters. The van der Waals surface area contributed by atoms with E-state index in [1.807, 2.05) is 0 Å². The van der Waals surface area contributed by atoms with Gasteiger partial charge in [-0.25, -0.2) is 9.59 Å². The number of hydrogen-bond donors (Lipinski definition) is 1. The lowest BCUT2D eigenvalue weighted by atomic mass is 9.80. The van der Waals surface area contributed by atoms with Crippen LogP contribution in [0.5, 0.6) is 0 Å². The highest BCUT2D eigenvalue weighted by Crippen LogP contribution is 2.42. The molecule has 1 N–H and O–H groups in total. The first-order valence-electron chi connectivity index (χ1n) is 8.07. The predicted octanol–water partition coefficient (Wildman–Crippen LogP) is 2.97. The summed E-state index contributed by atoms with van der Waals surface area (Å²) < 4.78 is 4.55. The van der Waals surface area contributed by atoms with E-state index < -0.39 is 11.6 Å². The summed E-state index contributed by atoms with van der Waals surface area (Å²) >= 11 is 0. The van der Waals surface area contributed by atoms with Gasteiger partial charge in [-0.05, 0) is 37.1 Å². The zero-order chi connectivity index (χ0) is 17.3. The van der Waals surface area contributed by atoms with E-state index in [4.69, 9.17) is 0 Å². The van der Waals surface area contributed by atoms with Crippen molar-refractivity contribution in [3.63, 3.8) is 0 Å². The fourth-order valence-corrected chi connectivity index (χ4v) is 3.62. The van der Waals surface area contributed by atoms with Crippen LogP contribution in [0, 0.1) is 0 Å². The van der Waals surface area contributed by atoms with Crippen LogP contribution in [-0.2, 0) is 9.53 Å². The first kappa shape index (κ1) is 16.3. The maximum atomic E-state index is 12.7. The fraction of sp³-hybridized carbons (Fsp3) is 0.471. The van der Waals surface area contributed by atoms with Crippen LogP contribution in [0.2, 0.25) is 0 Å². The third-order valence-electron chi connectivity index (χ3n) is 4.85. The molecule has 0 radical (unpaired) electrons. The summed E-state index contributed by atoms with van der Waals surface area (Å²) in [5.41, 5.74) is 0.464. The number of carbonyl (C=O) groups excluding carboxylic acids is 3. The number of imide groups is 1. The van der Waals surface area contributed by atoms with Crippen molar-refractivity contribution in [3.8, 4) is 0 Å². The van der Waals surface area contributed by atoms with E-state index in [0.29, 0.717) is 24.2 Å². The Morgan fingerprint density at radius 1 is 1.12 bits per heavy atom. The molecule has 2 fully saturated rings. The first-order valence-corrected chi connectivity index (χ1v) is 8.07. The standard InChI is InChI=1S/C17H21N3O4/c1-19-14(21)17(10-4-3-5-11-17)20(16(19)23)13-8-6-12(7-9-13)18-15(22)24-2/h6-9H,3-5,10-11H2,1-2H3,(H,18,22). The lowest BCUT2D eigenvalue weighted by Gasteiger charge is -2.38. The van der Waals surface area contributed by atoms with E-state index in [2.05, 4.69) is 10.1 Å². The van der Waals surface area contributed by atoms with Gasteiger partial charge in [-0.2, -0.15) is 0 Å². The molecule has 24 heavy (non-hydrogen) atoms. The molecule has 1 saturated carbocycles. The second-order valence-electron chi connectivity index (χ2n) is 6.24. The normalized spacial score (nSPS) is 19.8. The Hall–Kier alpha value is -2.57. The molecule has 3 rings (SSSR count). The Labute approximate surface area is 140 Å². The van der Waals surface area contributed by atoms with Crippen molar-refractivity contribution in [2.75, 3.05) is 24.4 Å². The Kier molecular flexibility index (Phi) is 4.17. The maximum Gasteiger partial charge on any atom is 0.411 e. The van der Waals surface area contributed by atoms with Gasteiger partial charge < -0.3 is 4.74 Å². The van der Waals surface area contributed by atoms with Crippen LogP contribution in [0.4, 0.5) is 21.0 Å². The molecule has 1 heterocycles. The highest BCUT2D eigenvalue weighted by molar-refractivity contribution is 6.16. The van der Waals surface area contributed by atoms with Gasteiger partial charge in [0.2, 0.25) is 0 Å². The summed E-state index contributed by atoms with van der Waals surface area (Å²) in [7, 11) is 2.83. The van der Waals surface area contributed by atoms with Crippen LogP contribution in [0.3, 0.4) is 0 Å². The van der Waals surface area contributed by atoms with Gasteiger partial charge in [0.15, 0.2) is 0 Å². The van der Waals surface area contributed by atoms with E-state index in [0.717, 1.165) is 19.3 Å². The van der Waals surface area contributed by atoms with Crippen LogP contribution in [0.15, 0.2) is 24.3 Å². The third kappa shape index (κ3) is 2.50. The summed E-state index contributed by atoms with van der Waals surface area (Å²) in [5, 5.41) is 2.57. The number of nitrogens with zero attached hydrogens (tertiary/aromatic N) is 2. The van der Waals surface area contributed by atoms with Crippen LogP contribution >= 0.6 is 0 Å². The number of carbonyl (C=O) groups is 3. The molecule has 1 spiro atoms. The number of nitrogens with one attached hydrogen (secondary N) is 1. The molecule has 0 atom stereocenters. The van der Waals surface area contributed by atoms with Gasteiger partial charge in [0.05, 0.1) is 7.11 Å². The van der Waals surface area contributed by atoms with E-state index in [1.165, 1.54) is 19.1 Å². The number of benzene rings is 1. The quantitative estimate of drug-likeness (QED) is 0.845. The number of anilines is 2. The number of methoxy groups -OCH3 is 1. The Morgan fingerprint density at radius 2 is 1.75 bits per heavy atom. The number of rotatable bonds is 2. The third-order valence-corrected chi connectivity index (χ3v) is 4.85. The number of urea groups is 1. The van der Waals surface area contributed by atoms with Crippen molar-refractivity contribution in [3.05, 3.63) is 24.3 Å². The molecule has 1 aromatic carbocycles. The molecule has 128 valence electrons. The maximum absolute atomic E-state index is 12.7. The van der Waals surface area contributed by atoms with Crippen molar-refractivity contribution in [1.82, 2.24) is 4.90 Å². The van der Waals surface area contributed by atoms with Gasteiger partial charge in [-0.1, -0.05) is 19.3 Å². The highest BCUT2D eigenvalue weighted by atomic mass is 16.5. The van der Waals surface area contributed by atoms with Gasteiger partial charge in [-0.3, -0.25) is 19.9 Å². The first-order chi connectivity index (χ1) is 11.5. The molecule has 1 aromatic rings. The van der Waals surface area contributed by atoms with Gasteiger partial charge in [0, 0.05) is 18.4 Å². The summed E-state index contributed by atoms with van der Waals surface area (Å²) in [4.78, 5) is 39.4. The number of hydrogen-bond acceptors (Lipinski definition) is 4. The minimum atomic E-state index is -0.763. The van der Waals surface area contributed by atoms with Gasteiger partial charge in [-0.15, -0.1) is 0 Å². The monoisotopic (exact) mass is 331 g/mol. The SMILES string of the molecule is COC(=O)Nc1ccc(N2C(=O)N(C)C(=O)C23CCCCC3)cc1. The number of ether oxygens (including phenoxy) is 1. The molecule has 0 bridgehead atoms. The zero-order valence-electron chi connectivity index (χ0n) is 13.9. The van der Waals surface area contributed by atoms with Gasteiger partial charge >= 0.3 is 12.1 Å². The van der Waals surface area contributed by atoms with Crippen LogP contribution in [0.1, 0.15) is 32.1 Å². The molecular weight excluding hydrogens is 310 g/mol. The van der Waals surface area contributed by atoms with E-state index in [1.54, 1.807) is 29.2 Å². The largest absolute Gasteiger partial charge is 0.453 e. The van der Waals surface area contributed by atoms with E-state index in [-0.39, 0.29) is 11.9 Å². The molecule has 7 heteroatoms. The minimum absolute atomic E-state index is 0.121. The summed E-state index contributed by atoms with van der Waals surface area (Å²) in [6.07, 6.45) is 3.77. The van der Waals surface area contributed by atoms with Crippen molar-refractivity contribution in [2.45, 2.75) is 37.6 Å². The Balaban J connectivity index is 1.92. The average molecular weight is 331 g/mol.